The zero-order chi connectivity index (χ0) is 20.8. The number of rotatable bonds is 8. The van der Waals surface area contributed by atoms with Gasteiger partial charge >= 0.3 is 0 Å². The van der Waals surface area contributed by atoms with Crippen LogP contribution in [-0.4, -0.2) is 29.9 Å². The molecule has 1 aromatic rings. The minimum atomic E-state index is -0.178. The molecule has 1 atom stereocenters. The summed E-state index contributed by atoms with van der Waals surface area (Å²) < 4.78 is 0. The van der Waals surface area contributed by atoms with Crippen LogP contribution in [0.4, 0.5) is 5.69 Å². The lowest BCUT2D eigenvalue weighted by molar-refractivity contribution is -0.134. The van der Waals surface area contributed by atoms with E-state index in [-0.39, 0.29) is 11.9 Å². The predicted molar refractivity (Wildman–Crippen MR) is 121 cm³/mol. The van der Waals surface area contributed by atoms with Gasteiger partial charge in [-0.15, -0.1) is 0 Å². The number of nitrogens with zero attached hydrogens (tertiary/aromatic N) is 1. The highest BCUT2D eigenvalue weighted by Gasteiger charge is 2.30. The van der Waals surface area contributed by atoms with Crippen molar-refractivity contribution in [3.8, 4) is 0 Å². The number of likely N-dealkylation sites (tertiary alicyclic amines) is 1. The minimum absolute atomic E-state index is 0.178. The fourth-order valence-corrected chi connectivity index (χ4v) is 4.39. The van der Waals surface area contributed by atoms with E-state index in [1.165, 1.54) is 5.56 Å². The van der Waals surface area contributed by atoms with Crippen LogP contribution in [0, 0.1) is 23.7 Å². The number of piperidine rings is 1. The Morgan fingerprint density at radius 3 is 2.29 bits per heavy atom. The van der Waals surface area contributed by atoms with Crippen molar-refractivity contribution in [1.82, 2.24) is 4.90 Å². The lowest BCUT2D eigenvalue weighted by atomic mass is 9.86. The molecule has 0 unspecified atom stereocenters. The molecule has 1 aromatic carbocycles. The van der Waals surface area contributed by atoms with E-state index in [1.54, 1.807) is 0 Å². The molecule has 2 rings (SSSR count). The second-order valence-corrected chi connectivity index (χ2v) is 10.1. The predicted octanol–water partition coefficient (Wildman–Crippen LogP) is 6.26. The molecule has 1 N–H and O–H groups in total. The molecule has 0 spiro atoms. The van der Waals surface area contributed by atoms with Gasteiger partial charge in [-0.25, -0.2) is 0 Å². The monoisotopic (exact) mass is 406 g/mol. The van der Waals surface area contributed by atoms with Crippen molar-refractivity contribution in [2.75, 3.05) is 18.4 Å². The van der Waals surface area contributed by atoms with Gasteiger partial charge in [-0.3, -0.25) is 4.79 Å². The summed E-state index contributed by atoms with van der Waals surface area (Å²) in [7, 11) is 0. The SMILES string of the molecule is CC(C)Cc1cc(Cl)ccc1N[C@@H](CC(C)C)C(=O)N1CCC(C(C)C)CC1. The number of hydrogen-bond donors (Lipinski definition) is 1. The third-order valence-corrected chi connectivity index (χ3v) is 6.06. The lowest BCUT2D eigenvalue weighted by Gasteiger charge is -2.36. The first-order chi connectivity index (χ1) is 13.2. The Morgan fingerprint density at radius 1 is 1.11 bits per heavy atom. The smallest absolute Gasteiger partial charge is 0.245 e. The van der Waals surface area contributed by atoms with Gasteiger partial charge in [0.15, 0.2) is 0 Å². The van der Waals surface area contributed by atoms with Crippen molar-refractivity contribution in [3.63, 3.8) is 0 Å². The second-order valence-electron chi connectivity index (χ2n) is 9.63. The van der Waals surface area contributed by atoms with Gasteiger partial charge in [0.1, 0.15) is 6.04 Å². The number of benzene rings is 1. The summed E-state index contributed by atoms with van der Waals surface area (Å²) in [5.41, 5.74) is 2.25. The van der Waals surface area contributed by atoms with E-state index >= 15 is 0 Å². The van der Waals surface area contributed by atoms with Crippen LogP contribution in [0.5, 0.6) is 0 Å². The van der Waals surface area contributed by atoms with Crippen LogP contribution in [0.15, 0.2) is 18.2 Å². The van der Waals surface area contributed by atoms with Gasteiger partial charge in [0.25, 0.3) is 0 Å². The van der Waals surface area contributed by atoms with Gasteiger partial charge in [0.2, 0.25) is 5.91 Å². The molecule has 28 heavy (non-hydrogen) atoms. The number of nitrogens with one attached hydrogen (secondary N) is 1. The van der Waals surface area contributed by atoms with E-state index in [4.69, 9.17) is 11.6 Å². The van der Waals surface area contributed by atoms with E-state index in [1.807, 2.05) is 18.2 Å². The summed E-state index contributed by atoms with van der Waals surface area (Å²) >= 11 is 6.24. The second kappa shape index (κ2) is 10.5. The van der Waals surface area contributed by atoms with Gasteiger partial charge in [-0.2, -0.15) is 0 Å². The molecule has 1 fully saturated rings. The Hall–Kier alpha value is -1.22. The minimum Gasteiger partial charge on any atom is -0.373 e. The average Bonchev–Trinajstić information content (AvgIpc) is 2.62. The number of amides is 1. The van der Waals surface area contributed by atoms with Crippen LogP contribution < -0.4 is 5.32 Å². The maximum Gasteiger partial charge on any atom is 0.245 e. The molecule has 4 heteroatoms. The van der Waals surface area contributed by atoms with E-state index < -0.39 is 0 Å². The zero-order valence-electron chi connectivity index (χ0n) is 18.6. The standard InChI is InChI=1S/C24H39ClN2O/c1-16(2)13-20-15-21(25)7-8-22(20)26-23(14-17(3)4)24(28)27-11-9-19(10-12-27)18(5)6/h7-8,15-19,23,26H,9-14H2,1-6H3/t23-/m0/s1. The van der Waals surface area contributed by atoms with Crippen molar-refractivity contribution in [2.45, 2.75) is 73.3 Å². The van der Waals surface area contributed by atoms with Gasteiger partial charge in [0, 0.05) is 23.8 Å². The largest absolute Gasteiger partial charge is 0.373 e. The topological polar surface area (TPSA) is 32.3 Å². The fraction of sp³-hybridized carbons (Fsp3) is 0.708. The Balaban J connectivity index is 2.15. The summed E-state index contributed by atoms with van der Waals surface area (Å²) in [5.74, 6) is 2.69. The zero-order valence-corrected chi connectivity index (χ0v) is 19.4. The summed E-state index contributed by atoms with van der Waals surface area (Å²) in [4.78, 5) is 15.4. The molecule has 1 heterocycles. The van der Waals surface area contributed by atoms with E-state index in [0.717, 1.165) is 55.4 Å². The van der Waals surface area contributed by atoms with Crippen molar-refractivity contribution >= 4 is 23.2 Å². The highest BCUT2D eigenvalue weighted by molar-refractivity contribution is 6.30. The maximum absolute atomic E-state index is 13.4. The van der Waals surface area contributed by atoms with Crippen molar-refractivity contribution < 1.29 is 4.79 Å². The number of carbonyl (C=O) groups excluding carboxylic acids is 1. The molecular weight excluding hydrogens is 368 g/mol. The van der Waals surface area contributed by atoms with E-state index in [2.05, 4.69) is 51.8 Å². The maximum atomic E-state index is 13.4. The Bertz CT molecular complexity index is 633. The third-order valence-electron chi connectivity index (χ3n) is 5.82. The quantitative estimate of drug-likeness (QED) is 0.552. The van der Waals surface area contributed by atoms with E-state index in [9.17, 15) is 4.79 Å². The van der Waals surface area contributed by atoms with Crippen molar-refractivity contribution in [2.24, 2.45) is 23.7 Å². The van der Waals surface area contributed by atoms with Crippen LogP contribution >= 0.6 is 11.6 Å². The molecule has 0 aromatic heterocycles. The first-order valence-electron chi connectivity index (χ1n) is 11.0. The van der Waals surface area contributed by atoms with Crippen molar-refractivity contribution in [3.05, 3.63) is 28.8 Å². The first-order valence-corrected chi connectivity index (χ1v) is 11.4. The Labute approximate surface area is 177 Å². The fourth-order valence-electron chi connectivity index (χ4n) is 4.20. The van der Waals surface area contributed by atoms with Crippen molar-refractivity contribution in [1.29, 1.82) is 0 Å². The molecular formula is C24H39ClN2O. The number of carbonyl (C=O) groups is 1. The van der Waals surface area contributed by atoms with Gasteiger partial charge in [-0.1, -0.05) is 53.1 Å². The molecule has 0 radical (unpaired) electrons. The molecule has 1 aliphatic heterocycles. The van der Waals surface area contributed by atoms with Crippen LogP contribution in [0.2, 0.25) is 5.02 Å². The number of anilines is 1. The normalized spacial score (nSPS) is 16.9. The van der Waals surface area contributed by atoms with Crippen LogP contribution in [0.3, 0.4) is 0 Å². The molecule has 1 saturated heterocycles. The van der Waals surface area contributed by atoms with Gasteiger partial charge < -0.3 is 10.2 Å². The van der Waals surface area contributed by atoms with E-state index in [0.29, 0.717) is 17.8 Å². The summed E-state index contributed by atoms with van der Waals surface area (Å²) in [6.45, 7) is 15.1. The molecule has 0 aliphatic carbocycles. The summed E-state index contributed by atoms with van der Waals surface area (Å²) in [6, 6.07) is 5.81. The molecule has 3 nitrogen and oxygen atoms in total. The van der Waals surface area contributed by atoms with Crippen LogP contribution in [0.25, 0.3) is 0 Å². The van der Waals surface area contributed by atoms with Crippen LogP contribution in [-0.2, 0) is 11.2 Å². The summed E-state index contributed by atoms with van der Waals surface area (Å²) in [5, 5.41) is 4.35. The van der Waals surface area contributed by atoms with Gasteiger partial charge in [-0.05, 0) is 73.1 Å². The molecule has 1 aliphatic rings. The lowest BCUT2D eigenvalue weighted by Crippen LogP contribution is -2.47. The third kappa shape index (κ3) is 6.69. The van der Waals surface area contributed by atoms with Crippen LogP contribution in [0.1, 0.15) is 66.4 Å². The molecule has 0 saturated carbocycles. The Morgan fingerprint density at radius 2 is 1.75 bits per heavy atom. The molecule has 1 amide bonds. The van der Waals surface area contributed by atoms with Gasteiger partial charge in [0.05, 0.1) is 0 Å². The molecule has 0 bridgehead atoms. The first kappa shape index (κ1) is 23.1. The summed E-state index contributed by atoms with van der Waals surface area (Å²) in [6.07, 6.45) is 4.03. The molecule has 158 valence electrons. The highest BCUT2D eigenvalue weighted by Crippen LogP contribution is 2.28. The number of halogens is 1. The Kier molecular flexibility index (Phi) is 8.67. The number of hydrogen-bond acceptors (Lipinski definition) is 2. The highest BCUT2D eigenvalue weighted by atomic mass is 35.5. The average molecular weight is 407 g/mol.